The van der Waals surface area contributed by atoms with Crippen LogP contribution in [0, 0.1) is 11.3 Å². The second-order valence-electron chi connectivity index (χ2n) is 4.99. The summed E-state index contributed by atoms with van der Waals surface area (Å²) in [4.78, 5) is 2.06. The Morgan fingerprint density at radius 3 is 1.60 bits per heavy atom. The van der Waals surface area contributed by atoms with E-state index in [4.69, 9.17) is 0 Å². The quantitative estimate of drug-likeness (QED) is 0.860. The number of hydrogen-bond acceptors (Lipinski definition) is 2. The Hall–Kier alpha value is -1.82. The van der Waals surface area contributed by atoms with Gasteiger partial charge in [0.25, 0.3) is 0 Å². The summed E-state index contributed by atoms with van der Waals surface area (Å²) in [7, 11) is 4.00. The van der Waals surface area contributed by atoms with Crippen molar-refractivity contribution in [2.45, 2.75) is 5.41 Å². The Bertz CT molecular complexity index is 519. The van der Waals surface area contributed by atoms with Crippen molar-refractivity contribution in [1.29, 1.82) is 5.26 Å². The summed E-state index contributed by atoms with van der Waals surface area (Å²) in [6.45, 7) is 0.664. The normalized spacial score (nSPS) is 10.7. The highest BCUT2D eigenvalue weighted by Crippen LogP contribution is 2.32. The molecule has 0 spiro atoms. The molecule has 0 aromatic heterocycles. The van der Waals surface area contributed by atoms with Crippen LogP contribution in [0.25, 0.3) is 0 Å². The molecule has 3 heteroatoms. The zero-order chi connectivity index (χ0) is 13.7. The van der Waals surface area contributed by atoms with Crippen LogP contribution in [0.2, 0.25) is 0 Å². The molecule has 104 valence electrons. The van der Waals surface area contributed by atoms with E-state index in [2.05, 4.69) is 11.0 Å². The third-order valence-corrected chi connectivity index (χ3v) is 3.28. The second-order valence-corrected chi connectivity index (χ2v) is 4.99. The molecule has 0 aliphatic rings. The molecule has 0 fully saturated rings. The van der Waals surface area contributed by atoms with E-state index >= 15 is 0 Å². The van der Waals surface area contributed by atoms with Crippen LogP contribution in [0.15, 0.2) is 60.7 Å². The first-order valence-corrected chi connectivity index (χ1v) is 6.36. The number of benzene rings is 2. The maximum absolute atomic E-state index is 9.86. The summed E-state index contributed by atoms with van der Waals surface area (Å²) >= 11 is 0. The molecule has 0 unspecified atom stereocenters. The first-order chi connectivity index (χ1) is 9.19. The van der Waals surface area contributed by atoms with Crippen LogP contribution >= 0.6 is 12.4 Å². The lowest BCUT2D eigenvalue weighted by atomic mass is 9.75. The molecule has 0 N–H and O–H groups in total. The van der Waals surface area contributed by atoms with Crippen LogP contribution in [0.1, 0.15) is 11.1 Å². The van der Waals surface area contributed by atoms with Gasteiger partial charge in [0.2, 0.25) is 0 Å². The van der Waals surface area contributed by atoms with E-state index < -0.39 is 5.41 Å². The number of halogens is 1. The SMILES string of the molecule is CN(C)CC(C#N)(c1ccccc1)c1ccccc1.Cl. The molecule has 0 aliphatic heterocycles. The maximum atomic E-state index is 9.86. The molecule has 0 bridgehead atoms. The lowest BCUT2D eigenvalue weighted by molar-refractivity contribution is 0.357. The molecule has 2 rings (SSSR count). The van der Waals surface area contributed by atoms with E-state index in [0.717, 1.165) is 11.1 Å². The lowest BCUT2D eigenvalue weighted by Crippen LogP contribution is -2.37. The first kappa shape index (κ1) is 16.2. The lowest BCUT2D eigenvalue weighted by Gasteiger charge is -2.30. The van der Waals surface area contributed by atoms with Crippen molar-refractivity contribution in [2.75, 3.05) is 20.6 Å². The molecule has 0 radical (unpaired) electrons. The van der Waals surface area contributed by atoms with Gasteiger partial charge in [-0.1, -0.05) is 60.7 Å². The summed E-state index contributed by atoms with van der Waals surface area (Å²) in [6.07, 6.45) is 0. The van der Waals surface area contributed by atoms with Gasteiger partial charge in [-0.05, 0) is 25.2 Å². The Kier molecular flexibility index (Phi) is 5.76. The molecule has 0 aliphatic carbocycles. The molecule has 2 aromatic rings. The fourth-order valence-corrected chi connectivity index (χ4v) is 2.43. The van der Waals surface area contributed by atoms with Gasteiger partial charge < -0.3 is 4.90 Å². The van der Waals surface area contributed by atoms with Gasteiger partial charge in [0.15, 0.2) is 0 Å². The minimum absolute atomic E-state index is 0. The summed E-state index contributed by atoms with van der Waals surface area (Å²) in [6, 6.07) is 22.5. The summed E-state index contributed by atoms with van der Waals surface area (Å²) in [5.74, 6) is 0. The number of likely N-dealkylation sites (N-methyl/N-ethyl adjacent to an activating group) is 1. The van der Waals surface area contributed by atoms with Crippen LogP contribution < -0.4 is 0 Å². The van der Waals surface area contributed by atoms with Gasteiger partial charge in [-0.2, -0.15) is 5.26 Å². The number of hydrogen-bond donors (Lipinski definition) is 0. The third kappa shape index (κ3) is 3.19. The fraction of sp³-hybridized carbons (Fsp3) is 0.235. The van der Waals surface area contributed by atoms with Crippen molar-refractivity contribution in [3.8, 4) is 6.07 Å². The summed E-state index contributed by atoms with van der Waals surface area (Å²) in [5.41, 5.74) is 1.46. The standard InChI is InChI=1S/C17H18N2.ClH/c1-19(2)14-17(13-18,15-9-5-3-6-10-15)16-11-7-4-8-12-16;/h3-12H,14H2,1-2H3;1H. The Morgan fingerprint density at radius 1 is 0.900 bits per heavy atom. The van der Waals surface area contributed by atoms with Gasteiger partial charge in [-0.15, -0.1) is 12.4 Å². The van der Waals surface area contributed by atoms with Crippen molar-refractivity contribution in [3.63, 3.8) is 0 Å². The number of nitrogens with zero attached hydrogens (tertiary/aromatic N) is 2. The van der Waals surface area contributed by atoms with Crippen molar-refractivity contribution in [1.82, 2.24) is 4.90 Å². The molecule has 2 nitrogen and oxygen atoms in total. The fourth-order valence-electron chi connectivity index (χ4n) is 2.43. The van der Waals surface area contributed by atoms with Crippen LogP contribution in [0.3, 0.4) is 0 Å². The first-order valence-electron chi connectivity index (χ1n) is 6.36. The van der Waals surface area contributed by atoms with Crippen LogP contribution in [-0.4, -0.2) is 25.5 Å². The number of nitriles is 1. The Balaban J connectivity index is 0.00000200. The van der Waals surface area contributed by atoms with Crippen molar-refractivity contribution in [2.24, 2.45) is 0 Å². The molecule has 0 heterocycles. The van der Waals surface area contributed by atoms with Crippen LogP contribution in [0.4, 0.5) is 0 Å². The maximum Gasteiger partial charge on any atom is 0.120 e. The molecular weight excluding hydrogens is 268 g/mol. The second kappa shape index (κ2) is 7.09. The van der Waals surface area contributed by atoms with E-state index in [1.54, 1.807) is 0 Å². The van der Waals surface area contributed by atoms with E-state index in [9.17, 15) is 5.26 Å². The van der Waals surface area contributed by atoms with E-state index in [0.29, 0.717) is 6.54 Å². The average Bonchev–Trinajstić information content (AvgIpc) is 2.46. The zero-order valence-corrected chi connectivity index (χ0v) is 12.6. The Morgan fingerprint density at radius 2 is 1.30 bits per heavy atom. The molecule has 0 saturated carbocycles. The Labute approximate surface area is 127 Å². The van der Waals surface area contributed by atoms with Gasteiger partial charge in [0.1, 0.15) is 5.41 Å². The topological polar surface area (TPSA) is 27.0 Å². The van der Waals surface area contributed by atoms with Crippen molar-refractivity contribution < 1.29 is 0 Å². The van der Waals surface area contributed by atoms with E-state index in [-0.39, 0.29) is 12.4 Å². The number of rotatable bonds is 4. The highest BCUT2D eigenvalue weighted by Gasteiger charge is 2.34. The van der Waals surface area contributed by atoms with Crippen LogP contribution in [-0.2, 0) is 5.41 Å². The molecule has 20 heavy (non-hydrogen) atoms. The molecule has 0 saturated heterocycles. The van der Waals surface area contributed by atoms with Crippen LogP contribution in [0.5, 0.6) is 0 Å². The largest absolute Gasteiger partial charge is 0.307 e. The monoisotopic (exact) mass is 286 g/mol. The van der Waals surface area contributed by atoms with Gasteiger partial charge in [-0.3, -0.25) is 0 Å². The minimum Gasteiger partial charge on any atom is -0.307 e. The highest BCUT2D eigenvalue weighted by molar-refractivity contribution is 5.85. The van der Waals surface area contributed by atoms with Gasteiger partial charge >= 0.3 is 0 Å². The summed E-state index contributed by atoms with van der Waals surface area (Å²) in [5, 5.41) is 9.86. The molecular formula is C17H19ClN2. The van der Waals surface area contributed by atoms with Crippen molar-refractivity contribution >= 4 is 12.4 Å². The highest BCUT2D eigenvalue weighted by atomic mass is 35.5. The van der Waals surface area contributed by atoms with E-state index in [1.165, 1.54) is 0 Å². The molecule has 2 aromatic carbocycles. The van der Waals surface area contributed by atoms with Gasteiger partial charge in [0, 0.05) is 6.54 Å². The van der Waals surface area contributed by atoms with E-state index in [1.807, 2.05) is 74.8 Å². The minimum atomic E-state index is -0.619. The predicted molar refractivity (Wildman–Crippen MR) is 85.1 cm³/mol. The van der Waals surface area contributed by atoms with Gasteiger partial charge in [0.05, 0.1) is 6.07 Å². The average molecular weight is 287 g/mol. The van der Waals surface area contributed by atoms with Gasteiger partial charge in [-0.25, -0.2) is 0 Å². The smallest absolute Gasteiger partial charge is 0.120 e. The van der Waals surface area contributed by atoms with Crippen molar-refractivity contribution in [3.05, 3.63) is 71.8 Å². The summed E-state index contributed by atoms with van der Waals surface area (Å²) < 4.78 is 0. The molecule has 0 amide bonds. The zero-order valence-electron chi connectivity index (χ0n) is 11.8. The predicted octanol–water partition coefficient (Wildman–Crippen LogP) is 3.48. The molecule has 0 atom stereocenters. The third-order valence-electron chi connectivity index (χ3n) is 3.28.